The maximum absolute atomic E-state index is 12.3. The van der Waals surface area contributed by atoms with E-state index in [1.54, 1.807) is 0 Å². The van der Waals surface area contributed by atoms with Gasteiger partial charge in [0.15, 0.2) is 0 Å². The maximum atomic E-state index is 12.3. The van der Waals surface area contributed by atoms with E-state index in [0.29, 0.717) is 11.8 Å². The van der Waals surface area contributed by atoms with E-state index in [0.717, 1.165) is 38.9 Å². The maximum Gasteiger partial charge on any atom is 0.222 e. The molecule has 1 saturated heterocycles. The number of likely N-dealkylation sites (tertiary alicyclic amines) is 1. The molecule has 0 aromatic carbocycles. The van der Waals surface area contributed by atoms with Crippen molar-refractivity contribution in [3.63, 3.8) is 0 Å². The molecule has 1 fully saturated rings. The summed E-state index contributed by atoms with van der Waals surface area (Å²) in [6.45, 7) is 4.93. The standard InChI is InChI=1S/C16H32N2O/c1-2-8-15(11-12-17)9-10-16(19)18-13-6-4-3-5-7-14-18/h15H,2-14,17H2,1H3. The summed E-state index contributed by atoms with van der Waals surface area (Å²) in [5, 5.41) is 0. The van der Waals surface area contributed by atoms with Crippen LogP contribution in [0.3, 0.4) is 0 Å². The summed E-state index contributed by atoms with van der Waals surface area (Å²) in [5.41, 5.74) is 5.65. The number of hydrogen-bond acceptors (Lipinski definition) is 2. The highest BCUT2D eigenvalue weighted by Crippen LogP contribution is 2.19. The summed E-state index contributed by atoms with van der Waals surface area (Å²) in [6, 6.07) is 0. The smallest absolute Gasteiger partial charge is 0.222 e. The second-order valence-electron chi connectivity index (χ2n) is 5.92. The first kappa shape index (κ1) is 16.5. The molecule has 112 valence electrons. The van der Waals surface area contributed by atoms with Crippen LogP contribution >= 0.6 is 0 Å². The molecule has 1 rings (SSSR count). The number of carbonyl (C=O) groups is 1. The first-order chi connectivity index (χ1) is 9.27. The third kappa shape index (κ3) is 6.95. The molecule has 2 N–H and O–H groups in total. The van der Waals surface area contributed by atoms with Crippen LogP contribution in [0.2, 0.25) is 0 Å². The molecule has 3 nitrogen and oxygen atoms in total. The van der Waals surface area contributed by atoms with Crippen molar-refractivity contribution in [2.75, 3.05) is 19.6 Å². The van der Waals surface area contributed by atoms with E-state index in [1.165, 1.54) is 44.9 Å². The van der Waals surface area contributed by atoms with Crippen molar-refractivity contribution in [2.24, 2.45) is 11.7 Å². The van der Waals surface area contributed by atoms with Gasteiger partial charge >= 0.3 is 0 Å². The first-order valence-corrected chi connectivity index (χ1v) is 8.25. The predicted molar refractivity (Wildman–Crippen MR) is 81.0 cm³/mol. The van der Waals surface area contributed by atoms with Crippen LogP contribution in [-0.4, -0.2) is 30.4 Å². The number of carbonyl (C=O) groups excluding carboxylic acids is 1. The molecule has 0 aliphatic carbocycles. The lowest BCUT2D eigenvalue weighted by Crippen LogP contribution is -2.34. The Bertz CT molecular complexity index is 229. The van der Waals surface area contributed by atoms with Crippen LogP contribution in [0.1, 0.15) is 71.1 Å². The van der Waals surface area contributed by atoms with Gasteiger partial charge < -0.3 is 10.6 Å². The molecule has 1 aliphatic heterocycles. The van der Waals surface area contributed by atoms with Gasteiger partial charge in [-0.25, -0.2) is 0 Å². The SMILES string of the molecule is CCCC(CCN)CCC(=O)N1CCCCCCC1. The van der Waals surface area contributed by atoms with Crippen LogP contribution in [0, 0.1) is 5.92 Å². The Hall–Kier alpha value is -0.570. The number of nitrogens with zero attached hydrogens (tertiary/aromatic N) is 1. The minimum Gasteiger partial charge on any atom is -0.343 e. The van der Waals surface area contributed by atoms with E-state index in [2.05, 4.69) is 11.8 Å². The third-order valence-electron chi connectivity index (χ3n) is 4.25. The zero-order valence-electron chi connectivity index (χ0n) is 12.7. The Morgan fingerprint density at radius 3 is 2.26 bits per heavy atom. The molecular weight excluding hydrogens is 236 g/mol. The van der Waals surface area contributed by atoms with Crippen LogP contribution in [0.15, 0.2) is 0 Å². The molecule has 0 spiro atoms. The fraction of sp³-hybridized carbons (Fsp3) is 0.938. The Kier molecular flexibility index (Phi) is 8.89. The van der Waals surface area contributed by atoms with Gasteiger partial charge in [-0.2, -0.15) is 0 Å². The van der Waals surface area contributed by atoms with Gasteiger partial charge in [0.1, 0.15) is 0 Å². The Labute approximate surface area is 118 Å². The molecule has 1 atom stereocenters. The fourth-order valence-corrected chi connectivity index (χ4v) is 3.06. The zero-order chi connectivity index (χ0) is 13.9. The van der Waals surface area contributed by atoms with Crippen molar-refractivity contribution >= 4 is 5.91 Å². The van der Waals surface area contributed by atoms with Gasteiger partial charge in [-0.05, 0) is 38.1 Å². The summed E-state index contributed by atoms with van der Waals surface area (Å²) < 4.78 is 0. The van der Waals surface area contributed by atoms with Crippen LogP contribution in [0.5, 0.6) is 0 Å². The zero-order valence-corrected chi connectivity index (χ0v) is 12.7. The van der Waals surface area contributed by atoms with Crippen molar-refractivity contribution in [1.82, 2.24) is 4.90 Å². The minimum atomic E-state index is 0.375. The van der Waals surface area contributed by atoms with E-state index >= 15 is 0 Å². The average molecular weight is 268 g/mol. The van der Waals surface area contributed by atoms with E-state index in [9.17, 15) is 4.79 Å². The predicted octanol–water partition coefficient (Wildman–Crippen LogP) is 3.32. The topological polar surface area (TPSA) is 46.3 Å². The number of hydrogen-bond donors (Lipinski definition) is 1. The van der Waals surface area contributed by atoms with Gasteiger partial charge in [-0.1, -0.05) is 39.0 Å². The highest BCUT2D eigenvalue weighted by atomic mass is 16.2. The molecule has 1 unspecified atom stereocenters. The molecule has 1 amide bonds. The van der Waals surface area contributed by atoms with Gasteiger partial charge in [-0.3, -0.25) is 4.79 Å². The van der Waals surface area contributed by atoms with Gasteiger partial charge in [0.2, 0.25) is 5.91 Å². The quantitative estimate of drug-likeness (QED) is 0.770. The van der Waals surface area contributed by atoms with Crippen molar-refractivity contribution in [2.45, 2.75) is 71.1 Å². The van der Waals surface area contributed by atoms with Crippen molar-refractivity contribution in [1.29, 1.82) is 0 Å². The third-order valence-corrected chi connectivity index (χ3v) is 4.25. The van der Waals surface area contributed by atoms with E-state index in [4.69, 9.17) is 5.73 Å². The molecule has 1 heterocycles. The van der Waals surface area contributed by atoms with Crippen molar-refractivity contribution < 1.29 is 4.79 Å². The van der Waals surface area contributed by atoms with E-state index in [1.807, 2.05) is 0 Å². The van der Waals surface area contributed by atoms with E-state index in [-0.39, 0.29) is 0 Å². The Morgan fingerprint density at radius 1 is 1.05 bits per heavy atom. The summed E-state index contributed by atoms with van der Waals surface area (Å²) in [6.07, 6.45) is 11.5. The van der Waals surface area contributed by atoms with Gasteiger partial charge in [0.25, 0.3) is 0 Å². The molecule has 0 saturated carbocycles. The van der Waals surface area contributed by atoms with Crippen molar-refractivity contribution in [3.8, 4) is 0 Å². The summed E-state index contributed by atoms with van der Waals surface area (Å²) >= 11 is 0. The summed E-state index contributed by atoms with van der Waals surface area (Å²) in [5.74, 6) is 1.02. The van der Waals surface area contributed by atoms with E-state index < -0.39 is 0 Å². The van der Waals surface area contributed by atoms with Crippen LogP contribution in [-0.2, 0) is 4.79 Å². The lowest BCUT2D eigenvalue weighted by molar-refractivity contribution is -0.131. The van der Waals surface area contributed by atoms with Crippen LogP contribution < -0.4 is 5.73 Å². The molecule has 19 heavy (non-hydrogen) atoms. The summed E-state index contributed by atoms with van der Waals surface area (Å²) in [4.78, 5) is 14.4. The normalized spacial score (nSPS) is 18.7. The first-order valence-electron chi connectivity index (χ1n) is 8.25. The molecule has 0 bridgehead atoms. The molecule has 0 aromatic heterocycles. The molecule has 3 heteroatoms. The largest absolute Gasteiger partial charge is 0.343 e. The monoisotopic (exact) mass is 268 g/mol. The Balaban J connectivity index is 2.30. The second-order valence-corrected chi connectivity index (χ2v) is 5.92. The number of rotatable bonds is 7. The fourth-order valence-electron chi connectivity index (χ4n) is 3.06. The molecule has 0 aromatic rings. The molecular formula is C16H32N2O. The summed E-state index contributed by atoms with van der Waals surface area (Å²) in [7, 11) is 0. The highest BCUT2D eigenvalue weighted by molar-refractivity contribution is 5.76. The van der Waals surface area contributed by atoms with Crippen LogP contribution in [0.25, 0.3) is 0 Å². The lowest BCUT2D eigenvalue weighted by Gasteiger charge is -2.25. The number of amides is 1. The van der Waals surface area contributed by atoms with Gasteiger partial charge in [0.05, 0.1) is 0 Å². The highest BCUT2D eigenvalue weighted by Gasteiger charge is 2.16. The lowest BCUT2D eigenvalue weighted by atomic mass is 9.94. The van der Waals surface area contributed by atoms with Gasteiger partial charge in [0, 0.05) is 19.5 Å². The molecule has 1 aliphatic rings. The van der Waals surface area contributed by atoms with Gasteiger partial charge in [-0.15, -0.1) is 0 Å². The molecule has 0 radical (unpaired) electrons. The minimum absolute atomic E-state index is 0.375. The van der Waals surface area contributed by atoms with Crippen molar-refractivity contribution in [3.05, 3.63) is 0 Å². The second kappa shape index (κ2) is 10.2. The van der Waals surface area contributed by atoms with Crippen LogP contribution in [0.4, 0.5) is 0 Å². The average Bonchev–Trinajstić information content (AvgIpc) is 2.36. The number of nitrogens with two attached hydrogens (primary N) is 1. The Morgan fingerprint density at radius 2 is 1.68 bits per heavy atom.